The number of hydrogen-bond acceptors (Lipinski definition) is 3. The van der Waals surface area contributed by atoms with Crippen molar-refractivity contribution in [1.82, 2.24) is 0 Å². The summed E-state index contributed by atoms with van der Waals surface area (Å²) in [5, 5.41) is 0. The van der Waals surface area contributed by atoms with E-state index in [1.165, 1.54) is 0 Å². The van der Waals surface area contributed by atoms with E-state index in [9.17, 15) is 0 Å². The van der Waals surface area contributed by atoms with Gasteiger partial charge in [-0.2, -0.15) is 0 Å². The summed E-state index contributed by atoms with van der Waals surface area (Å²) in [6.45, 7) is 0. The fourth-order valence-corrected chi connectivity index (χ4v) is 0. The van der Waals surface area contributed by atoms with E-state index < -0.39 is 13.0 Å². The second-order valence-electron chi connectivity index (χ2n) is 0.396. The first kappa shape index (κ1) is 22.4. The van der Waals surface area contributed by atoms with Crippen molar-refractivity contribution < 1.29 is 34.1 Å². The minimum atomic E-state index is -5.38. The first-order valence-corrected chi connectivity index (χ1v) is 2.61. The molecule has 0 radical (unpaired) electrons. The van der Waals surface area contributed by atoms with Gasteiger partial charge >= 0.3 is 110 Å². The van der Waals surface area contributed by atoms with Crippen LogP contribution in [0, 0.1) is 0 Å². The third-order valence-corrected chi connectivity index (χ3v) is 0. The molecule has 0 spiro atoms. The van der Waals surface area contributed by atoms with E-state index >= 15 is 0 Å². The van der Waals surface area contributed by atoms with Gasteiger partial charge in [0, 0.05) is 0 Å². The van der Waals surface area contributed by atoms with Gasteiger partial charge in [-0.05, 0) is 0 Å². The van der Waals surface area contributed by atoms with Gasteiger partial charge in [0.25, 0.3) is 0 Å². The topological polar surface area (TPSA) is 103 Å². The predicted molar refractivity (Wildman–Crippen MR) is 22.2 cm³/mol. The summed E-state index contributed by atoms with van der Waals surface area (Å²) in [4.78, 5) is 0. The van der Waals surface area contributed by atoms with Gasteiger partial charge < -0.3 is 5.48 Å². The van der Waals surface area contributed by atoms with Gasteiger partial charge in [0.1, 0.15) is 0 Å². The zero-order valence-corrected chi connectivity index (χ0v) is 3.73. The Morgan fingerprint density at radius 1 is 1.12 bits per heavy atom. The van der Waals surface area contributed by atoms with Crippen molar-refractivity contribution >= 4 is 80.9 Å². The fourth-order valence-electron chi connectivity index (χ4n) is 0. The summed E-state index contributed by atoms with van der Waals surface area (Å²) in [5.41, 5.74) is 0. The average molecular weight is 202 g/mol. The van der Waals surface area contributed by atoms with E-state index in [-0.39, 0.29) is 86.4 Å². The monoisotopic (exact) mass is 202 g/mol. The molecule has 0 aliphatic rings. The van der Waals surface area contributed by atoms with Gasteiger partial charge in [0.15, 0.2) is 0 Å². The molecule has 8 heteroatoms. The molecule has 0 aromatic heterocycles. The Morgan fingerprint density at radius 3 is 1.12 bits per heavy atom. The Morgan fingerprint density at radius 2 is 1.12 bits per heavy atom. The molecule has 44 valence electrons. The van der Waals surface area contributed by atoms with E-state index in [0.717, 1.165) is 0 Å². The molecule has 0 bridgehead atoms. The average Bonchev–Trinajstić information content (AvgIpc) is 0.722. The van der Waals surface area contributed by atoms with Crippen LogP contribution in [-0.2, 0) is 24.5 Å². The van der Waals surface area contributed by atoms with E-state index in [0.29, 0.717) is 0 Å². The SMILES string of the molecule is O.[KH].[NaH].[O]=[Mn](=[O])(=[O])[OH]. The van der Waals surface area contributed by atoms with Crippen LogP contribution in [0.25, 0.3) is 0 Å². The first-order valence-electron chi connectivity index (χ1n) is 0.632. The van der Waals surface area contributed by atoms with Crippen molar-refractivity contribution in [3.05, 3.63) is 0 Å². The van der Waals surface area contributed by atoms with Gasteiger partial charge in [0.05, 0.1) is 0 Å². The summed E-state index contributed by atoms with van der Waals surface area (Å²) in [6.07, 6.45) is 0. The van der Waals surface area contributed by atoms with Gasteiger partial charge in [-0.15, -0.1) is 0 Å². The van der Waals surface area contributed by atoms with Crippen molar-refractivity contribution in [3.8, 4) is 0 Å². The first-order chi connectivity index (χ1) is 2.00. The van der Waals surface area contributed by atoms with Crippen LogP contribution in [0.5, 0.6) is 0 Å². The summed E-state index contributed by atoms with van der Waals surface area (Å²) >= 11 is -5.38. The van der Waals surface area contributed by atoms with Crippen molar-refractivity contribution in [2.45, 2.75) is 0 Å². The van der Waals surface area contributed by atoms with Gasteiger partial charge in [-0.3, -0.25) is 0 Å². The Bertz CT molecular complexity index is 134. The normalized spacial score (nSPS) is 7.12. The zero-order chi connectivity index (χ0) is 4.50. The Labute approximate surface area is 112 Å². The molecule has 0 aromatic rings. The molecule has 5 nitrogen and oxygen atoms in total. The molecule has 0 atom stereocenters. The van der Waals surface area contributed by atoms with Crippen molar-refractivity contribution in [2.24, 2.45) is 0 Å². The molecule has 0 saturated heterocycles. The van der Waals surface area contributed by atoms with Crippen LogP contribution >= 0.6 is 0 Å². The Hall–Kier alpha value is 2.48. The van der Waals surface area contributed by atoms with Gasteiger partial charge in [0.2, 0.25) is 0 Å². The van der Waals surface area contributed by atoms with Crippen LogP contribution in [-0.4, -0.2) is 90.6 Å². The standard InChI is InChI=1S/K.Mn.Na.2H2O.3O.2H/h;;;2*1H2;;;;;/q;+1;;;;;;;;/p-1. The van der Waals surface area contributed by atoms with E-state index in [4.69, 9.17) is 15.7 Å². The molecule has 0 unspecified atom stereocenters. The fraction of sp³-hybridized carbons (Fsp3) is 0. The molecule has 0 amide bonds. The number of rotatable bonds is 0. The molecule has 0 aromatic carbocycles. The Balaban J connectivity index is -0.0000000267. The van der Waals surface area contributed by atoms with Crippen LogP contribution < -0.4 is 0 Å². The zero-order valence-electron chi connectivity index (χ0n) is 2.55. The van der Waals surface area contributed by atoms with Crippen LogP contribution in [0.1, 0.15) is 0 Å². The molecule has 3 N–H and O–H groups in total. The second kappa shape index (κ2) is 9.48. The molecule has 0 rings (SSSR count). The third-order valence-electron chi connectivity index (χ3n) is 0. The van der Waals surface area contributed by atoms with Crippen molar-refractivity contribution in [3.63, 3.8) is 0 Å². The summed E-state index contributed by atoms with van der Waals surface area (Å²) in [5.74, 6) is 0. The molecular formula is H5KMnNaO5. The summed E-state index contributed by atoms with van der Waals surface area (Å²) < 4.78 is 33.1. The van der Waals surface area contributed by atoms with Gasteiger partial charge in [-0.1, -0.05) is 0 Å². The van der Waals surface area contributed by atoms with Crippen molar-refractivity contribution in [2.75, 3.05) is 0 Å². The molecule has 0 aliphatic carbocycles. The molecule has 8 heavy (non-hydrogen) atoms. The Kier molecular flexibility index (Phi) is 26.6. The maximum atomic E-state index is 8.69. The summed E-state index contributed by atoms with van der Waals surface area (Å²) in [7, 11) is 0. The van der Waals surface area contributed by atoms with Crippen molar-refractivity contribution in [1.29, 1.82) is 0 Å². The van der Waals surface area contributed by atoms with E-state index in [1.54, 1.807) is 0 Å². The van der Waals surface area contributed by atoms with Crippen LogP contribution in [0.15, 0.2) is 0 Å². The predicted octanol–water partition coefficient (Wildman–Crippen LogP) is -3.04. The third kappa shape index (κ3) is 77.3. The minimum absolute atomic E-state index is 0. The quantitative estimate of drug-likeness (QED) is 0.421. The second-order valence-corrected chi connectivity index (χ2v) is 1.63. The molecule has 0 saturated carbocycles. The molecule has 0 fully saturated rings. The van der Waals surface area contributed by atoms with E-state index in [2.05, 4.69) is 0 Å². The molecule has 0 aliphatic heterocycles. The summed E-state index contributed by atoms with van der Waals surface area (Å²) in [6, 6.07) is 0. The van der Waals surface area contributed by atoms with Crippen LogP contribution in [0.3, 0.4) is 0 Å². The van der Waals surface area contributed by atoms with E-state index in [1.807, 2.05) is 0 Å². The molecular weight excluding hydrogens is 197 g/mol. The van der Waals surface area contributed by atoms with Crippen LogP contribution in [0.2, 0.25) is 0 Å². The van der Waals surface area contributed by atoms with Gasteiger partial charge in [-0.25, -0.2) is 0 Å². The number of hydrogen-bond donors (Lipinski definition) is 1. The maximum absolute atomic E-state index is 8.69. The molecule has 0 heterocycles. The van der Waals surface area contributed by atoms with Crippen LogP contribution in [0.4, 0.5) is 0 Å².